The number of aromatic nitrogens is 2. The summed E-state index contributed by atoms with van der Waals surface area (Å²) < 4.78 is 0. The molecule has 1 unspecified atom stereocenters. The summed E-state index contributed by atoms with van der Waals surface area (Å²) in [7, 11) is 0. The standard InChI is InChI=1S/C18H33N5O2/c1-11(2)5-13(17(20)24)7-14(6-12(3)4)23-18(25)16(19)8-15-9-21-10-22-15/h9-14,16H,5-8,19H2,1-4H3,(H2,20,24)(H,21,22)(H,23,25)/t13?,14-,16-/m0/s1. The van der Waals surface area contributed by atoms with Gasteiger partial charge in [-0.2, -0.15) is 0 Å². The first-order chi connectivity index (χ1) is 11.7. The zero-order chi connectivity index (χ0) is 19.0. The van der Waals surface area contributed by atoms with Crippen molar-refractivity contribution in [1.29, 1.82) is 0 Å². The minimum Gasteiger partial charge on any atom is -0.369 e. The molecule has 0 aliphatic rings. The summed E-state index contributed by atoms with van der Waals surface area (Å²) in [6, 6.07) is -0.774. The van der Waals surface area contributed by atoms with Gasteiger partial charge in [-0.05, 0) is 31.1 Å². The monoisotopic (exact) mass is 351 g/mol. The van der Waals surface area contributed by atoms with Crippen molar-refractivity contribution in [2.45, 2.75) is 65.5 Å². The molecular formula is C18H33N5O2. The maximum absolute atomic E-state index is 12.4. The average molecular weight is 351 g/mol. The fourth-order valence-corrected chi connectivity index (χ4v) is 3.06. The predicted octanol–water partition coefficient (Wildman–Crippen LogP) is 1.35. The van der Waals surface area contributed by atoms with Gasteiger partial charge in [0.1, 0.15) is 0 Å². The largest absolute Gasteiger partial charge is 0.369 e. The fraction of sp³-hybridized carbons (Fsp3) is 0.722. The number of aromatic amines is 1. The van der Waals surface area contributed by atoms with Gasteiger partial charge < -0.3 is 21.8 Å². The molecule has 7 heteroatoms. The number of amides is 2. The molecule has 1 heterocycles. The first-order valence-electron chi connectivity index (χ1n) is 9.01. The number of carbonyl (C=O) groups excluding carboxylic acids is 2. The number of nitrogens with zero attached hydrogens (tertiary/aromatic N) is 1. The Morgan fingerprint density at radius 2 is 1.80 bits per heavy atom. The number of rotatable bonds is 11. The van der Waals surface area contributed by atoms with Gasteiger partial charge >= 0.3 is 0 Å². The zero-order valence-electron chi connectivity index (χ0n) is 15.8. The normalized spacial score (nSPS) is 15.2. The molecule has 7 nitrogen and oxygen atoms in total. The number of nitrogens with two attached hydrogens (primary N) is 2. The lowest BCUT2D eigenvalue weighted by Gasteiger charge is -2.26. The second-order valence-corrected chi connectivity index (χ2v) is 7.69. The van der Waals surface area contributed by atoms with E-state index in [0.717, 1.165) is 18.5 Å². The highest BCUT2D eigenvalue weighted by Gasteiger charge is 2.25. The summed E-state index contributed by atoms with van der Waals surface area (Å²) in [5, 5.41) is 3.01. The van der Waals surface area contributed by atoms with Crippen LogP contribution in [0, 0.1) is 17.8 Å². The van der Waals surface area contributed by atoms with Crippen molar-refractivity contribution in [2.24, 2.45) is 29.2 Å². The van der Waals surface area contributed by atoms with Gasteiger partial charge in [-0.15, -0.1) is 0 Å². The third kappa shape index (κ3) is 8.16. The summed E-state index contributed by atoms with van der Waals surface area (Å²) in [5.74, 6) is -0.00314. The number of hydrogen-bond donors (Lipinski definition) is 4. The molecule has 2 amide bonds. The van der Waals surface area contributed by atoms with E-state index in [1.54, 1.807) is 12.5 Å². The van der Waals surface area contributed by atoms with Gasteiger partial charge in [0.2, 0.25) is 11.8 Å². The number of carbonyl (C=O) groups is 2. The number of hydrogen-bond acceptors (Lipinski definition) is 4. The first kappa shape index (κ1) is 21.2. The van der Waals surface area contributed by atoms with Gasteiger partial charge in [-0.25, -0.2) is 4.98 Å². The Bertz CT molecular complexity index is 528. The molecule has 0 saturated carbocycles. The topological polar surface area (TPSA) is 127 Å². The minimum absolute atomic E-state index is 0.114. The molecule has 1 rings (SSSR count). The number of imidazole rings is 1. The van der Waals surface area contributed by atoms with E-state index in [1.807, 2.05) is 0 Å². The average Bonchev–Trinajstić information content (AvgIpc) is 2.97. The molecule has 3 atom stereocenters. The third-order valence-electron chi connectivity index (χ3n) is 4.16. The molecule has 1 aromatic heterocycles. The Hall–Kier alpha value is -1.89. The maximum Gasteiger partial charge on any atom is 0.237 e. The number of nitrogens with one attached hydrogen (secondary N) is 2. The summed E-state index contributed by atoms with van der Waals surface area (Å²) in [6.07, 6.45) is 5.67. The van der Waals surface area contributed by atoms with Gasteiger partial charge in [-0.3, -0.25) is 9.59 Å². The smallest absolute Gasteiger partial charge is 0.237 e. The van der Waals surface area contributed by atoms with Crippen LogP contribution in [0.1, 0.15) is 52.7 Å². The highest BCUT2D eigenvalue weighted by Crippen LogP contribution is 2.20. The zero-order valence-corrected chi connectivity index (χ0v) is 15.8. The van der Waals surface area contributed by atoms with Crippen molar-refractivity contribution in [3.63, 3.8) is 0 Å². The van der Waals surface area contributed by atoms with E-state index in [0.29, 0.717) is 24.7 Å². The minimum atomic E-state index is -0.660. The third-order valence-corrected chi connectivity index (χ3v) is 4.16. The Morgan fingerprint density at radius 1 is 1.16 bits per heavy atom. The molecule has 0 fully saturated rings. The van der Waals surface area contributed by atoms with Gasteiger partial charge in [0.25, 0.3) is 0 Å². The lowest BCUT2D eigenvalue weighted by molar-refractivity contribution is -0.125. The molecular weight excluding hydrogens is 318 g/mol. The molecule has 142 valence electrons. The molecule has 0 spiro atoms. The van der Waals surface area contributed by atoms with Crippen molar-refractivity contribution >= 4 is 11.8 Å². The lowest BCUT2D eigenvalue weighted by atomic mass is 9.87. The Kier molecular flexibility index (Phi) is 8.61. The quantitative estimate of drug-likeness (QED) is 0.480. The second kappa shape index (κ2) is 10.2. The lowest BCUT2D eigenvalue weighted by Crippen LogP contribution is -2.48. The highest BCUT2D eigenvalue weighted by atomic mass is 16.2. The van der Waals surface area contributed by atoms with E-state index < -0.39 is 6.04 Å². The van der Waals surface area contributed by atoms with Crippen LogP contribution in [-0.2, 0) is 16.0 Å². The molecule has 0 saturated heterocycles. The Balaban J connectivity index is 2.69. The summed E-state index contributed by atoms with van der Waals surface area (Å²) in [5.41, 5.74) is 12.4. The first-order valence-corrected chi connectivity index (χ1v) is 9.01. The van der Waals surface area contributed by atoms with Crippen LogP contribution in [0.5, 0.6) is 0 Å². The van der Waals surface area contributed by atoms with Gasteiger partial charge in [0.05, 0.1) is 12.4 Å². The molecule has 1 aromatic rings. The Morgan fingerprint density at radius 3 is 2.28 bits per heavy atom. The van der Waals surface area contributed by atoms with E-state index in [4.69, 9.17) is 11.5 Å². The summed E-state index contributed by atoms with van der Waals surface area (Å²) >= 11 is 0. The Labute approximate surface area is 150 Å². The van der Waals surface area contributed by atoms with E-state index in [9.17, 15) is 9.59 Å². The molecule has 0 aliphatic heterocycles. The molecule has 0 aliphatic carbocycles. The molecule has 0 radical (unpaired) electrons. The van der Waals surface area contributed by atoms with E-state index in [2.05, 4.69) is 43.0 Å². The molecule has 0 bridgehead atoms. The van der Waals surface area contributed by atoms with Crippen LogP contribution in [0.2, 0.25) is 0 Å². The molecule has 6 N–H and O–H groups in total. The van der Waals surface area contributed by atoms with Crippen LogP contribution in [-0.4, -0.2) is 33.9 Å². The fourth-order valence-electron chi connectivity index (χ4n) is 3.06. The number of primary amides is 1. The van der Waals surface area contributed by atoms with Crippen LogP contribution in [0.25, 0.3) is 0 Å². The molecule has 25 heavy (non-hydrogen) atoms. The van der Waals surface area contributed by atoms with E-state index in [-0.39, 0.29) is 23.8 Å². The number of H-pyrrole nitrogens is 1. The van der Waals surface area contributed by atoms with Crippen molar-refractivity contribution < 1.29 is 9.59 Å². The van der Waals surface area contributed by atoms with Crippen LogP contribution < -0.4 is 16.8 Å². The highest BCUT2D eigenvalue weighted by molar-refractivity contribution is 5.82. The van der Waals surface area contributed by atoms with Crippen LogP contribution in [0.4, 0.5) is 0 Å². The maximum atomic E-state index is 12.4. The summed E-state index contributed by atoms with van der Waals surface area (Å²) in [6.45, 7) is 8.30. The van der Waals surface area contributed by atoms with Crippen molar-refractivity contribution in [3.8, 4) is 0 Å². The van der Waals surface area contributed by atoms with Gasteiger partial charge in [0.15, 0.2) is 0 Å². The van der Waals surface area contributed by atoms with Gasteiger partial charge in [0, 0.05) is 30.3 Å². The molecule has 0 aromatic carbocycles. The van der Waals surface area contributed by atoms with E-state index >= 15 is 0 Å². The predicted molar refractivity (Wildman–Crippen MR) is 98.4 cm³/mol. The van der Waals surface area contributed by atoms with Gasteiger partial charge in [-0.1, -0.05) is 27.7 Å². The van der Waals surface area contributed by atoms with Crippen LogP contribution in [0.3, 0.4) is 0 Å². The van der Waals surface area contributed by atoms with Crippen molar-refractivity contribution in [3.05, 3.63) is 18.2 Å². The van der Waals surface area contributed by atoms with E-state index in [1.165, 1.54) is 0 Å². The van der Waals surface area contributed by atoms with Crippen LogP contribution >= 0.6 is 0 Å². The van der Waals surface area contributed by atoms with Crippen LogP contribution in [0.15, 0.2) is 12.5 Å². The van der Waals surface area contributed by atoms with Crippen molar-refractivity contribution in [2.75, 3.05) is 0 Å². The van der Waals surface area contributed by atoms with Crippen molar-refractivity contribution in [1.82, 2.24) is 15.3 Å². The second-order valence-electron chi connectivity index (χ2n) is 7.69. The summed E-state index contributed by atoms with van der Waals surface area (Å²) in [4.78, 5) is 31.1. The SMILES string of the molecule is CC(C)CC(C[C@H](CC(C)C)NC(=O)[C@@H](N)Cc1cnc[nH]1)C(N)=O.